The molecule has 1 aliphatic rings. The number of benzene rings is 1. The molecule has 2 aromatic rings. The number of fused-ring (bicyclic) bond motifs is 1. The highest BCUT2D eigenvalue weighted by atomic mass is 127. The number of hydrogen-bond donors (Lipinski definition) is 2. The minimum Gasteiger partial charge on any atom is -0.370 e. The van der Waals surface area contributed by atoms with Crippen molar-refractivity contribution >= 4 is 46.9 Å². The lowest BCUT2D eigenvalue weighted by molar-refractivity contribution is -0.119. The van der Waals surface area contributed by atoms with Gasteiger partial charge in [0.2, 0.25) is 5.91 Å². The van der Waals surface area contributed by atoms with E-state index in [1.54, 1.807) is 0 Å². The number of nitrogens with zero attached hydrogens (tertiary/aromatic N) is 4. The third kappa shape index (κ3) is 5.82. The molecule has 1 unspecified atom stereocenters. The normalized spacial score (nSPS) is 17.6. The molecule has 7 nitrogen and oxygen atoms in total. The first-order valence-corrected chi connectivity index (χ1v) is 9.31. The van der Waals surface area contributed by atoms with Gasteiger partial charge in [-0.15, -0.1) is 24.0 Å². The van der Waals surface area contributed by atoms with Crippen LogP contribution in [0.1, 0.15) is 25.7 Å². The van der Waals surface area contributed by atoms with Crippen LogP contribution in [0.2, 0.25) is 0 Å². The number of primary amides is 1. The Morgan fingerprint density at radius 3 is 3.00 bits per heavy atom. The zero-order valence-corrected chi connectivity index (χ0v) is 18.1. The standard InChI is InChI=1S/C19H28N6O.HI/c1-21-19(24-10-4-6-15(13-24)12-18(20)26)22-9-5-11-25-14-23-16-7-2-3-8-17(16)25;/h2-3,7-8,14-15H,4-6,9-13H2,1H3,(H2,20,26)(H,21,22);1H. The van der Waals surface area contributed by atoms with Gasteiger partial charge < -0.3 is 20.5 Å². The van der Waals surface area contributed by atoms with Crippen LogP contribution >= 0.6 is 24.0 Å². The van der Waals surface area contributed by atoms with Crippen LogP contribution < -0.4 is 11.1 Å². The molecule has 27 heavy (non-hydrogen) atoms. The Balaban J connectivity index is 0.00000261. The van der Waals surface area contributed by atoms with Gasteiger partial charge in [0.25, 0.3) is 0 Å². The number of piperidine rings is 1. The number of likely N-dealkylation sites (tertiary alicyclic amines) is 1. The van der Waals surface area contributed by atoms with Gasteiger partial charge >= 0.3 is 0 Å². The Kier molecular flexibility index (Phi) is 8.33. The van der Waals surface area contributed by atoms with Crippen LogP contribution in [0.25, 0.3) is 11.0 Å². The van der Waals surface area contributed by atoms with E-state index in [9.17, 15) is 4.79 Å². The van der Waals surface area contributed by atoms with Crippen molar-refractivity contribution in [1.82, 2.24) is 19.8 Å². The predicted octanol–water partition coefficient (Wildman–Crippen LogP) is 2.21. The second-order valence-electron chi connectivity index (χ2n) is 6.88. The van der Waals surface area contributed by atoms with Crippen molar-refractivity contribution in [2.24, 2.45) is 16.6 Å². The maximum Gasteiger partial charge on any atom is 0.217 e. The van der Waals surface area contributed by atoms with Crippen molar-refractivity contribution < 1.29 is 4.79 Å². The summed E-state index contributed by atoms with van der Waals surface area (Å²) in [5.74, 6) is 1.03. The molecular formula is C19H29IN6O. The van der Waals surface area contributed by atoms with E-state index in [1.165, 1.54) is 5.52 Å². The Morgan fingerprint density at radius 1 is 1.41 bits per heavy atom. The van der Waals surface area contributed by atoms with Crippen LogP contribution in [0.3, 0.4) is 0 Å². The molecule has 1 aliphatic heterocycles. The number of carbonyl (C=O) groups is 1. The molecule has 0 saturated carbocycles. The van der Waals surface area contributed by atoms with E-state index in [4.69, 9.17) is 5.73 Å². The smallest absolute Gasteiger partial charge is 0.217 e. The maximum absolute atomic E-state index is 11.2. The highest BCUT2D eigenvalue weighted by molar-refractivity contribution is 14.0. The Hall–Kier alpha value is -1.84. The molecule has 148 valence electrons. The number of amides is 1. The maximum atomic E-state index is 11.2. The first-order chi connectivity index (χ1) is 12.7. The molecule has 1 saturated heterocycles. The van der Waals surface area contributed by atoms with Crippen molar-refractivity contribution in [3.63, 3.8) is 0 Å². The average molecular weight is 484 g/mol. The number of halogens is 1. The minimum absolute atomic E-state index is 0. The number of nitrogens with two attached hydrogens (primary N) is 1. The summed E-state index contributed by atoms with van der Waals surface area (Å²) in [5.41, 5.74) is 7.55. The summed E-state index contributed by atoms with van der Waals surface area (Å²) in [7, 11) is 1.81. The first kappa shape index (κ1) is 21.5. The van der Waals surface area contributed by atoms with Gasteiger partial charge in [0.15, 0.2) is 5.96 Å². The van der Waals surface area contributed by atoms with Gasteiger partial charge in [-0.05, 0) is 37.3 Å². The summed E-state index contributed by atoms with van der Waals surface area (Å²) >= 11 is 0. The number of imidazole rings is 1. The molecule has 1 atom stereocenters. The molecule has 0 spiro atoms. The summed E-state index contributed by atoms with van der Waals surface area (Å²) in [6.07, 6.45) is 5.47. The molecule has 1 aromatic carbocycles. The molecule has 0 aliphatic carbocycles. The highest BCUT2D eigenvalue weighted by Gasteiger charge is 2.23. The van der Waals surface area contributed by atoms with Gasteiger partial charge in [-0.25, -0.2) is 4.98 Å². The average Bonchev–Trinajstić information content (AvgIpc) is 3.05. The van der Waals surface area contributed by atoms with E-state index >= 15 is 0 Å². The monoisotopic (exact) mass is 484 g/mol. The van der Waals surface area contributed by atoms with E-state index < -0.39 is 0 Å². The lowest BCUT2D eigenvalue weighted by atomic mass is 9.95. The van der Waals surface area contributed by atoms with Gasteiger partial charge in [-0.1, -0.05) is 12.1 Å². The minimum atomic E-state index is -0.215. The van der Waals surface area contributed by atoms with Gasteiger partial charge in [0.05, 0.1) is 17.4 Å². The molecule has 0 bridgehead atoms. The number of hydrogen-bond acceptors (Lipinski definition) is 3. The van der Waals surface area contributed by atoms with E-state index in [-0.39, 0.29) is 29.9 Å². The van der Waals surface area contributed by atoms with Crippen molar-refractivity contribution in [2.75, 3.05) is 26.7 Å². The Bertz CT molecular complexity index is 774. The number of guanidine groups is 1. The number of rotatable bonds is 6. The highest BCUT2D eigenvalue weighted by Crippen LogP contribution is 2.19. The van der Waals surface area contributed by atoms with Crippen molar-refractivity contribution in [3.05, 3.63) is 30.6 Å². The largest absolute Gasteiger partial charge is 0.370 e. The molecule has 3 rings (SSSR count). The summed E-state index contributed by atoms with van der Waals surface area (Å²) < 4.78 is 2.18. The van der Waals surface area contributed by atoms with Crippen LogP contribution in [-0.2, 0) is 11.3 Å². The summed E-state index contributed by atoms with van der Waals surface area (Å²) in [5, 5.41) is 3.45. The third-order valence-electron chi connectivity index (χ3n) is 4.91. The van der Waals surface area contributed by atoms with Crippen LogP contribution in [-0.4, -0.2) is 53.0 Å². The number of aryl methyl sites for hydroxylation is 1. The molecule has 3 N–H and O–H groups in total. The van der Waals surface area contributed by atoms with Crippen molar-refractivity contribution in [1.29, 1.82) is 0 Å². The SMILES string of the molecule is CN=C(NCCCn1cnc2ccccc21)N1CCCC(CC(N)=O)C1.I. The molecule has 8 heteroatoms. The Morgan fingerprint density at radius 2 is 2.22 bits per heavy atom. The quantitative estimate of drug-likeness (QED) is 0.285. The van der Waals surface area contributed by atoms with Gasteiger partial charge in [0.1, 0.15) is 0 Å². The second kappa shape index (κ2) is 10.5. The van der Waals surface area contributed by atoms with Crippen molar-refractivity contribution in [2.45, 2.75) is 32.2 Å². The summed E-state index contributed by atoms with van der Waals surface area (Å²) in [4.78, 5) is 22.3. The van der Waals surface area contributed by atoms with Crippen LogP contribution in [0.5, 0.6) is 0 Å². The summed E-state index contributed by atoms with van der Waals surface area (Å²) in [6.45, 7) is 3.57. The molecule has 1 fully saturated rings. The zero-order valence-electron chi connectivity index (χ0n) is 15.8. The topological polar surface area (TPSA) is 88.5 Å². The van der Waals surface area contributed by atoms with E-state index in [2.05, 4.69) is 30.8 Å². The number of aliphatic imine (C=N–C) groups is 1. The molecule has 0 radical (unpaired) electrons. The number of nitrogens with one attached hydrogen (secondary N) is 1. The molecular weight excluding hydrogens is 455 g/mol. The fraction of sp³-hybridized carbons (Fsp3) is 0.526. The van der Waals surface area contributed by atoms with E-state index in [0.717, 1.165) is 56.9 Å². The van der Waals surface area contributed by atoms with E-state index in [0.29, 0.717) is 12.3 Å². The summed E-state index contributed by atoms with van der Waals surface area (Å²) in [6, 6.07) is 8.18. The van der Waals surface area contributed by atoms with E-state index in [1.807, 2.05) is 31.6 Å². The first-order valence-electron chi connectivity index (χ1n) is 9.31. The van der Waals surface area contributed by atoms with Gasteiger partial charge in [0, 0.05) is 39.6 Å². The zero-order chi connectivity index (χ0) is 18.4. The third-order valence-corrected chi connectivity index (χ3v) is 4.91. The number of aromatic nitrogens is 2. The van der Waals surface area contributed by atoms with Crippen LogP contribution in [0, 0.1) is 5.92 Å². The van der Waals surface area contributed by atoms with Crippen molar-refractivity contribution in [3.8, 4) is 0 Å². The lowest BCUT2D eigenvalue weighted by Gasteiger charge is -2.34. The van der Waals surface area contributed by atoms with Crippen LogP contribution in [0.4, 0.5) is 0 Å². The molecule has 1 amide bonds. The number of para-hydroxylation sites is 2. The van der Waals surface area contributed by atoms with Gasteiger partial charge in [-0.3, -0.25) is 9.79 Å². The fourth-order valence-corrected chi connectivity index (χ4v) is 3.68. The lowest BCUT2D eigenvalue weighted by Crippen LogP contribution is -2.47. The fourth-order valence-electron chi connectivity index (χ4n) is 3.68. The molecule has 2 heterocycles. The van der Waals surface area contributed by atoms with Crippen LogP contribution in [0.15, 0.2) is 35.6 Å². The number of carbonyl (C=O) groups excluding carboxylic acids is 1. The predicted molar refractivity (Wildman–Crippen MR) is 119 cm³/mol. The second-order valence-corrected chi connectivity index (χ2v) is 6.88. The van der Waals surface area contributed by atoms with Gasteiger partial charge in [-0.2, -0.15) is 0 Å². The molecule has 1 aromatic heterocycles. The Labute approximate surface area is 177 Å².